The van der Waals surface area contributed by atoms with Gasteiger partial charge in [0.05, 0.1) is 0 Å². The summed E-state index contributed by atoms with van der Waals surface area (Å²) in [7, 11) is 0. The summed E-state index contributed by atoms with van der Waals surface area (Å²) in [6.07, 6.45) is 0.745. The summed E-state index contributed by atoms with van der Waals surface area (Å²) >= 11 is 1.58. The third kappa shape index (κ3) is 2.72. The Kier molecular flexibility index (Phi) is 3.80. The number of benzene rings is 2. The molecular formula is C15H11F4NS. The van der Waals surface area contributed by atoms with E-state index in [2.05, 4.69) is 5.32 Å². The van der Waals surface area contributed by atoms with Crippen LogP contribution in [0.4, 0.5) is 23.2 Å². The third-order valence-corrected chi connectivity index (χ3v) is 4.65. The fourth-order valence-corrected chi connectivity index (χ4v) is 3.56. The van der Waals surface area contributed by atoms with Gasteiger partial charge in [-0.3, -0.25) is 0 Å². The van der Waals surface area contributed by atoms with Gasteiger partial charge in [-0.25, -0.2) is 17.6 Å². The maximum atomic E-state index is 13.5. The van der Waals surface area contributed by atoms with E-state index in [1.807, 2.05) is 24.3 Å². The molecule has 1 aliphatic heterocycles. The zero-order valence-corrected chi connectivity index (χ0v) is 11.6. The van der Waals surface area contributed by atoms with E-state index in [9.17, 15) is 17.6 Å². The molecule has 1 heterocycles. The van der Waals surface area contributed by atoms with Gasteiger partial charge in [0.25, 0.3) is 0 Å². The van der Waals surface area contributed by atoms with Crippen molar-refractivity contribution < 1.29 is 17.6 Å². The lowest BCUT2D eigenvalue weighted by Gasteiger charge is -2.13. The summed E-state index contributed by atoms with van der Waals surface area (Å²) in [6.45, 7) is 0.218. The first-order chi connectivity index (χ1) is 10.1. The smallest absolute Gasteiger partial charge is 0.185 e. The van der Waals surface area contributed by atoms with Gasteiger partial charge >= 0.3 is 0 Å². The molecule has 1 N–H and O–H groups in total. The molecule has 2 aromatic carbocycles. The molecule has 1 unspecified atom stereocenters. The molecule has 21 heavy (non-hydrogen) atoms. The summed E-state index contributed by atoms with van der Waals surface area (Å²) in [5.41, 5.74) is 0.421. The maximum Gasteiger partial charge on any atom is 0.185 e. The molecule has 0 fully saturated rings. The van der Waals surface area contributed by atoms with Crippen LogP contribution < -0.4 is 5.32 Å². The molecule has 3 rings (SSSR count). The molecule has 1 atom stereocenters. The first kappa shape index (κ1) is 14.3. The molecule has 0 saturated carbocycles. The Labute approximate surface area is 123 Å². The Morgan fingerprint density at radius 2 is 1.71 bits per heavy atom. The van der Waals surface area contributed by atoms with Crippen LogP contribution in [0.25, 0.3) is 0 Å². The molecular weight excluding hydrogens is 302 g/mol. The van der Waals surface area contributed by atoms with Gasteiger partial charge in [0.2, 0.25) is 0 Å². The van der Waals surface area contributed by atoms with E-state index in [0.29, 0.717) is 0 Å². The number of thioether (sulfide) groups is 1. The molecule has 0 bridgehead atoms. The van der Waals surface area contributed by atoms with Crippen molar-refractivity contribution in [2.45, 2.75) is 16.6 Å². The second kappa shape index (κ2) is 5.60. The first-order valence-corrected chi connectivity index (χ1v) is 7.25. The van der Waals surface area contributed by atoms with E-state index in [1.54, 1.807) is 11.8 Å². The Hall–Kier alpha value is -1.69. The largest absolute Gasteiger partial charge is 0.379 e. The molecule has 1 aliphatic rings. The lowest BCUT2D eigenvalue weighted by atomic mass is 10.1. The zero-order valence-electron chi connectivity index (χ0n) is 10.8. The minimum Gasteiger partial charge on any atom is -0.379 e. The fraction of sp³-hybridized carbons (Fsp3) is 0.200. The van der Waals surface area contributed by atoms with Crippen LogP contribution in [0.5, 0.6) is 0 Å². The van der Waals surface area contributed by atoms with Gasteiger partial charge in [0, 0.05) is 22.8 Å². The number of hydrogen-bond acceptors (Lipinski definition) is 2. The predicted molar refractivity (Wildman–Crippen MR) is 74.6 cm³/mol. The van der Waals surface area contributed by atoms with Crippen molar-refractivity contribution in [2.75, 3.05) is 11.9 Å². The van der Waals surface area contributed by atoms with Gasteiger partial charge in [0.1, 0.15) is 5.69 Å². The highest BCUT2D eigenvalue weighted by atomic mass is 32.2. The van der Waals surface area contributed by atoms with Crippen molar-refractivity contribution in [3.8, 4) is 0 Å². The van der Waals surface area contributed by atoms with E-state index >= 15 is 0 Å². The van der Waals surface area contributed by atoms with Crippen LogP contribution in [0.15, 0.2) is 35.2 Å². The van der Waals surface area contributed by atoms with Crippen molar-refractivity contribution in [1.82, 2.24) is 0 Å². The Morgan fingerprint density at radius 1 is 1.05 bits per heavy atom. The zero-order chi connectivity index (χ0) is 15.0. The normalized spacial score (nSPS) is 16.9. The van der Waals surface area contributed by atoms with Crippen molar-refractivity contribution in [2.24, 2.45) is 0 Å². The third-order valence-electron chi connectivity index (χ3n) is 3.33. The highest BCUT2D eigenvalue weighted by Crippen LogP contribution is 2.37. The lowest BCUT2D eigenvalue weighted by molar-refractivity contribution is 0.458. The SMILES string of the molecule is Fc1cc(F)c(F)c(NCC2Cc3ccccc3S2)c1F. The van der Waals surface area contributed by atoms with Gasteiger partial charge < -0.3 is 5.32 Å². The molecule has 0 amide bonds. The van der Waals surface area contributed by atoms with Gasteiger partial charge in [-0.05, 0) is 18.1 Å². The average Bonchev–Trinajstić information content (AvgIpc) is 2.88. The van der Waals surface area contributed by atoms with Crippen LogP contribution in [0.3, 0.4) is 0 Å². The van der Waals surface area contributed by atoms with Crippen LogP contribution in [0.1, 0.15) is 5.56 Å². The molecule has 2 aromatic rings. The molecule has 0 aromatic heterocycles. The van der Waals surface area contributed by atoms with Gasteiger partial charge in [0.15, 0.2) is 23.3 Å². The summed E-state index contributed by atoms with van der Waals surface area (Å²) in [4.78, 5) is 1.12. The summed E-state index contributed by atoms with van der Waals surface area (Å²) < 4.78 is 53.3. The average molecular weight is 313 g/mol. The number of halogens is 4. The van der Waals surface area contributed by atoms with Gasteiger partial charge in [-0.1, -0.05) is 18.2 Å². The fourth-order valence-electron chi connectivity index (χ4n) is 2.31. The molecule has 110 valence electrons. The minimum absolute atomic E-state index is 0.0625. The van der Waals surface area contributed by atoms with E-state index in [-0.39, 0.29) is 17.9 Å². The van der Waals surface area contributed by atoms with Crippen LogP contribution in [0, 0.1) is 23.3 Å². The summed E-state index contributed by atoms with van der Waals surface area (Å²) in [5, 5.41) is 2.55. The summed E-state index contributed by atoms with van der Waals surface area (Å²) in [5.74, 6) is -5.60. The second-order valence-corrected chi connectivity index (χ2v) is 6.12. The Balaban J connectivity index is 1.73. The minimum atomic E-state index is -1.40. The molecule has 0 spiro atoms. The van der Waals surface area contributed by atoms with E-state index < -0.39 is 29.0 Å². The van der Waals surface area contributed by atoms with Crippen molar-refractivity contribution in [3.63, 3.8) is 0 Å². The van der Waals surface area contributed by atoms with E-state index in [4.69, 9.17) is 0 Å². The van der Waals surface area contributed by atoms with Gasteiger partial charge in [-0.15, -0.1) is 11.8 Å². The molecule has 0 radical (unpaired) electrons. The number of fused-ring (bicyclic) bond motifs is 1. The highest BCUT2D eigenvalue weighted by Gasteiger charge is 2.24. The molecule has 0 aliphatic carbocycles. The Bertz CT molecular complexity index is 638. The number of anilines is 1. The van der Waals surface area contributed by atoms with E-state index in [0.717, 1.165) is 11.3 Å². The van der Waals surface area contributed by atoms with Crippen LogP contribution in [-0.4, -0.2) is 11.8 Å². The predicted octanol–water partition coefficient (Wildman–Crippen LogP) is 4.37. The molecule has 6 heteroatoms. The standard InChI is InChI=1S/C15H11F4NS/c16-10-6-11(17)14(19)15(13(10)18)20-7-9-5-8-3-1-2-4-12(8)21-9/h1-4,6,9,20H,5,7H2. The maximum absolute atomic E-state index is 13.5. The van der Waals surface area contributed by atoms with Crippen LogP contribution >= 0.6 is 11.8 Å². The van der Waals surface area contributed by atoms with Crippen molar-refractivity contribution in [3.05, 3.63) is 59.2 Å². The lowest BCUT2D eigenvalue weighted by Crippen LogP contribution is -2.18. The summed E-state index contributed by atoms with van der Waals surface area (Å²) in [6, 6.07) is 8.02. The Morgan fingerprint density at radius 3 is 2.38 bits per heavy atom. The molecule has 1 nitrogen and oxygen atoms in total. The number of rotatable bonds is 3. The number of hydrogen-bond donors (Lipinski definition) is 1. The quantitative estimate of drug-likeness (QED) is 0.667. The van der Waals surface area contributed by atoms with Crippen LogP contribution in [0.2, 0.25) is 0 Å². The highest BCUT2D eigenvalue weighted by molar-refractivity contribution is 8.00. The van der Waals surface area contributed by atoms with Crippen LogP contribution in [-0.2, 0) is 6.42 Å². The van der Waals surface area contributed by atoms with Crippen molar-refractivity contribution >= 4 is 17.4 Å². The number of nitrogens with one attached hydrogen (secondary N) is 1. The monoisotopic (exact) mass is 313 g/mol. The van der Waals surface area contributed by atoms with E-state index in [1.165, 1.54) is 5.56 Å². The topological polar surface area (TPSA) is 12.0 Å². The molecule has 0 saturated heterocycles. The van der Waals surface area contributed by atoms with Gasteiger partial charge in [-0.2, -0.15) is 0 Å². The second-order valence-electron chi connectivity index (χ2n) is 4.78. The first-order valence-electron chi connectivity index (χ1n) is 6.37. The van der Waals surface area contributed by atoms with Crippen molar-refractivity contribution in [1.29, 1.82) is 0 Å².